The lowest BCUT2D eigenvalue weighted by molar-refractivity contribution is -0.125. The maximum atomic E-state index is 11.1. The first kappa shape index (κ1) is 9.46. The third kappa shape index (κ3) is 1.59. The first-order valence-corrected chi connectivity index (χ1v) is 3.69. The van der Waals surface area contributed by atoms with E-state index in [0.717, 1.165) is 0 Å². The zero-order valence-corrected chi connectivity index (χ0v) is 6.98. The minimum absolute atomic E-state index is 0.00981. The van der Waals surface area contributed by atoms with Crippen LogP contribution in [0.25, 0.3) is 0 Å². The van der Waals surface area contributed by atoms with Crippen LogP contribution in [0.5, 0.6) is 0 Å². The second-order valence-electron chi connectivity index (χ2n) is 2.39. The topological polar surface area (TPSA) is 89.9 Å². The molecular formula is C6H9N3O4. The summed E-state index contributed by atoms with van der Waals surface area (Å²) in [5.74, 6) is -0.664. The third-order valence-corrected chi connectivity index (χ3v) is 1.55. The maximum Gasteiger partial charge on any atom is 0.358 e. The number of amides is 5. The van der Waals surface area contributed by atoms with Crippen molar-refractivity contribution in [1.82, 2.24) is 15.3 Å². The number of hydrogen-bond acceptors (Lipinski definition) is 4. The monoisotopic (exact) mass is 187 g/mol. The number of carbonyl (C=O) groups is 3. The molecule has 0 aliphatic carbocycles. The van der Waals surface area contributed by atoms with Gasteiger partial charge in [0.15, 0.2) is 0 Å². The second kappa shape index (κ2) is 3.40. The molecule has 1 aliphatic heterocycles. The van der Waals surface area contributed by atoms with Crippen molar-refractivity contribution < 1.29 is 19.6 Å². The van der Waals surface area contributed by atoms with E-state index < -0.39 is 18.0 Å². The Hall–Kier alpha value is -1.63. The van der Waals surface area contributed by atoms with E-state index in [2.05, 4.69) is 5.32 Å². The molecule has 13 heavy (non-hydrogen) atoms. The Morgan fingerprint density at radius 2 is 2.31 bits per heavy atom. The summed E-state index contributed by atoms with van der Waals surface area (Å²) in [5.41, 5.74) is 0. The quantitative estimate of drug-likeness (QED) is 0.325. The van der Waals surface area contributed by atoms with Crippen LogP contribution in [0.4, 0.5) is 9.59 Å². The van der Waals surface area contributed by atoms with E-state index in [-0.39, 0.29) is 13.1 Å². The van der Waals surface area contributed by atoms with Gasteiger partial charge in [0.05, 0.1) is 6.54 Å². The van der Waals surface area contributed by atoms with Gasteiger partial charge in [-0.05, 0) is 6.92 Å². The number of hydrogen-bond donors (Lipinski definition) is 2. The Kier molecular flexibility index (Phi) is 2.47. The van der Waals surface area contributed by atoms with Gasteiger partial charge in [-0.25, -0.2) is 14.7 Å². The van der Waals surface area contributed by atoms with Crippen LogP contribution in [0, 0.1) is 0 Å². The number of urea groups is 2. The Bertz CT molecular complexity index is 249. The molecule has 0 atom stereocenters. The lowest BCUT2D eigenvalue weighted by Crippen LogP contribution is -2.45. The molecule has 0 aromatic rings. The molecule has 1 rings (SSSR count). The predicted octanol–water partition coefficient (Wildman–Crippen LogP) is -0.631. The molecule has 1 fully saturated rings. The molecule has 1 heterocycles. The summed E-state index contributed by atoms with van der Waals surface area (Å²) >= 11 is 0. The molecule has 0 saturated carbocycles. The second-order valence-corrected chi connectivity index (χ2v) is 2.39. The molecule has 5 amide bonds. The standard InChI is InChI=1S/C6H9N3O4/c1-2-8(13)6(12)9-4(10)3-7-5(9)11/h13H,2-3H2,1H3,(H,7,11). The van der Waals surface area contributed by atoms with Crippen LogP contribution in [-0.2, 0) is 4.79 Å². The zero-order chi connectivity index (χ0) is 10.0. The van der Waals surface area contributed by atoms with Crippen LogP contribution in [0.2, 0.25) is 0 Å². The number of nitrogens with one attached hydrogen (secondary N) is 1. The van der Waals surface area contributed by atoms with Crippen molar-refractivity contribution in [3.05, 3.63) is 0 Å². The highest BCUT2D eigenvalue weighted by Crippen LogP contribution is 2.02. The molecule has 0 radical (unpaired) electrons. The Morgan fingerprint density at radius 1 is 1.69 bits per heavy atom. The minimum Gasteiger partial charge on any atom is -0.328 e. The van der Waals surface area contributed by atoms with E-state index in [1.54, 1.807) is 0 Å². The Morgan fingerprint density at radius 3 is 2.69 bits per heavy atom. The molecule has 1 aliphatic rings. The maximum absolute atomic E-state index is 11.1. The fourth-order valence-corrected chi connectivity index (χ4v) is 0.867. The SMILES string of the molecule is CCN(O)C(=O)N1C(=O)CNC1=O. The van der Waals surface area contributed by atoms with E-state index in [9.17, 15) is 14.4 Å². The minimum atomic E-state index is -1.03. The van der Waals surface area contributed by atoms with Gasteiger partial charge in [0.1, 0.15) is 0 Å². The summed E-state index contributed by atoms with van der Waals surface area (Å²) in [6.07, 6.45) is 0. The molecule has 1 saturated heterocycles. The normalized spacial score (nSPS) is 16.0. The van der Waals surface area contributed by atoms with Gasteiger partial charge in [-0.2, -0.15) is 4.90 Å². The largest absolute Gasteiger partial charge is 0.358 e. The fourth-order valence-electron chi connectivity index (χ4n) is 0.867. The summed E-state index contributed by atoms with van der Waals surface area (Å²) in [4.78, 5) is 33.3. The smallest absolute Gasteiger partial charge is 0.328 e. The molecule has 0 bridgehead atoms. The highest BCUT2D eigenvalue weighted by atomic mass is 16.5. The van der Waals surface area contributed by atoms with Gasteiger partial charge in [-0.15, -0.1) is 0 Å². The molecule has 7 heteroatoms. The first-order valence-electron chi connectivity index (χ1n) is 3.69. The summed E-state index contributed by atoms with van der Waals surface area (Å²) < 4.78 is 0. The molecule has 0 spiro atoms. The van der Waals surface area contributed by atoms with Crippen molar-refractivity contribution >= 4 is 18.0 Å². The van der Waals surface area contributed by atoms with E-state index in [4.69, 9.17) is 5.21 Å². The van der Waals surface area contributed by atoms with Crippen molar-refractivity contribution in [2.45, 2.75) is 6.92 Å². The average Bonchev–Trinajstić information content (AvgIpc) is 2.44. The Labute approximate surface area is 73.9 Å². The summed E-state index contributed by atoms with van der Waals surface area (Å²) in [6.45, 7) is 1.31. The van der Waals surface area contributed by atoms with Gasteiger partial charge in [0, 0.05) is 6.54 Å². The lowest BCUT2D eigenvalue weighted by atomic mass is 10.6. The van der Waals surface area contributed by atoms with Crippen molar-refractivity contribution in [2.75, 3.05) is 13.1 Å². The summed E-state index contributed by atoms with van der Waals surface area (Å²) in [5, 5.41) is 11.4. The predicted molar refractivity (Wildman–Crippen MR) is 39.8 cm³/mol. The summed E-state index contributed by atoms with van der Waals surface area (Å²) in [6, 6.07) is -1.83. The molecular weight excluding hydrogens is 178 g/mol. The van der Waals surface area contributed by atoms with Crippen LogP contribution in [0.15, 0.2) is 0 Å². The lowest BCUT2D eigenvalue weighted by Gasteiger charge is -2.16. The van der Waals surface area contributed by atoms with Crippen LogP contribution >= 0.6 is 0 Å². The van der Waals surface area contributed by atoms with Crippen LogP contribution in [0.3, 0.4) is 0 Å². The Balaban J connectivity index is 2.75. The van der Waals surface area contributed by atoms with E-state index in [0.29, 0.717) is 9.96 Å². The van der Waals surface area contributed by atoms with Gasteiger partial charge in [-0.1, -0.05) is 0 Å². The van der Waals surface area contributed by atoms with Crippen molar-refractivity contribution in [2.24, 2.45) is 0 Å². The number of rotatable bonds is 1. The molecule has 72 valence electrons. The van der Waals surface area contributed by atoms with Gasteiger partial charge in [-0.3, -0.25) is 10.0 Å². The van der Waals surface area contributed by atoms with Crippen molar-refractivity contribution in [3.63, 3.8) is 0 Å². The van der Waals surface area contributed by atoms with Crippen molar-refractivity contribution in [1.29, 1.82) is 0 Å². The number of carbonyl (C=O) groups excluding carboxylic acids is 3. The van der Waals surface area contributed by atoms with E-state index >= 15 is 0 Å². The van der Waals surface area contributed by atoms with Gasteiger partial charge < -0.3 is 5.32 Å². The van der Waals surface area contributed by atoms with E-state index in [1.807, 2.05) is 0 Å². The molecule has 2 N–H and O–H groups in total. The van der Waals surface area contributed by atoms with Crippen LogP contribution in [-0.4, -0.2) is 46.2 Å². The van der Waals surface area contributed by atoms with Crippen LogP contribution in [0.1, 0.15) is 6.92 Å². The van der Waals surface area contributed by atoms with Gasteiger partial charge in [0.25, 0.3) is 5.91 Å². The highest BCUT2D eigenvalue weighted by Gasteiger charge is 2.36. The van der Waals surface area contributed by atoms with Gasteiger partial charge >= 0.3 is 12.1 Å². The third-order valence-electron chi connectivity index (χ3n) is 1.55. The van der Waals surface area contributed by atoms with Crippen LogP contribution < -0.4 is 5.32 Å². The fraction of sp³-hybridized carbons (Fsp3) is 0.500. The van der Waals surface area contributed by atoms with Gasteiger partial charge in [0.2, 0.25) is 0 Å². The first-order chi connectivity index (χ1) is 6.07. The molecule has 0 aromatic carbocycles. The molecule has 0 unspecified atom stereocenters. The molecule has 7 nitrogen and oxygen atoms in total. The van der Waals surface area contributed by atoms with Crippen molar-refractivity contribution in [3.8, 4) is 0 Å². The number of nitrogens with zero attached hydrogens (tertiary/aromatic N) is 2. The number of hydroxylamine groups is 2. The number of imide groups is 3. The van der Waals surface area contributed by atoms with E-state index in [1.165, 1.54) is 6.92 Å². The zero-order valence-electron chi connectivity index (χ0n) is 6.98. The average molecular weight is 187 g/mol. The molecule has 0 aromatic heterocycles. The summed E-state index contributed by atoms with van der Waals surface area (Å²) in [7, 11) is 0. The highest BCUT2D eigenvalue weighted by molar-refractivity contribution is 6.14.